The van der Waals surface area contributed by atoms with Crippen molar-refractivity contribution in [1.29, 1.82) is 0 Å². The molecule has 0 bridgehead atoms. The Balaban J connectivity index is 2.47. The number of nitrogens with one attached hydrogen (secondary N) is 1. The van der Waals surface area contributed by atoms with E-state index < -0.39 is 18.0 Å². The van der Waals surface area contributed by atoms with Gasteiger partial charge in [0.1, 0.15) is 6.04 Å². The van der Waals surface area contributed by atoms with E-state index in [2.05, 4.69) is 15.5 Å². The maximum atomic E-state index is 11.5. The van der Waals surface area contributed by atoms with Crippen molar-refractivity contribution < 1.29 is 19.2 Å². The average molecular weight is 242 g/mol. The zero-order chi connectivity index (χ0) is 13.0. The van der Waals surface area contributed by atoms with Crippen LogP contribution >= 0.6 is 0 Å². The molecule has 94 valence electrons. The third-order valence-corrected chi connectivity index (χ3v) is 2.23. The molecule has 1 aromatic rings. The predicted molar refractivity (Wildman–Crippen MR) is 56.1 cm³/mol. The predicted octanol–water partition coefficient (Wildman–Crippen LogP) is -0.00748. The Morgan fingerprint density at radius 1 is 1.59 bits per heavy atom. The monoisotopic (exact) mass is 242 g/mol. The summed E-state index contributed by atoms with van der Waals surface area (Å²) in [6.07, 6.45) is 0. The smallest absolute Gasteiger partial charge is 0.326 e. The Kier molecular flexibility index (Phi) is 4.02. The molecule has 1 heterocycles. The molecular weight excluding hydrogens is 228 g/mol. The highest BCUT2D eigenvalue weighted by atomic mass is 16.5. The van der Waals surface area contributed by atoms with E-state index in [9.17, 15) is 9.59 Å². The van der Waals surface area contributed by atoms with Gasteiger partial charge in [-0.1, -0.05) is 5.16 Å². The molecule has 0 spiro atoms. The van der Waals surface area contributed by atoms with Crippen LogP contribution in [0.2, 0.25) is 0 Å². The summed E-state index contributed by atoms with van der Waals surface area (Å²) in [6.45, 7) is 3.14. The normalized spacial score (nSPS) is 11.9. The summed E-state index contributed by atoms with van der Waals surface area (Å²) in [6, 6.07) is -1.41. The lowest BCUT2D eigenvalue weighted by atomic mass is 10.3. The molecule has 2 N–H and O–H groups in total. The third kappa shape index (κ3) is 3.44. The molecule has 8 nitrogen and oxygen atoms in total. The molecule has 1 aromatic heterocycles. The standard InChI is InChI=1S/C9H14N4O4/c1-5(8(14)15)13(3)9(16)10-4-7-11-6(2)17-12-7/h5H,4H2,1-3H3,(H,10,16)(H,14,15). The van der Waals surface area contributed by atoms with Gasteiger partial charge in [-0.2, -0.15) is 4.98 Å². The second-order valence-corrected chi connectivity index (χ2v) is 3.51. The van der Waals surface area contributed by atoms with Gasteiger partial charge in [-0.05, 0) is 6.92 Å². The Morgan fingerprint density at radius 2 is 2.24 bits per heavy atom. The second-order valence-electron chi connectivity index (χ2n) is 3.51. The van der Waals surface area contributed by atoms with Crippen molar-refractivity contribution in [2.45, 2.75) is 26.4 Å². The van der Waals surface area contributed by atoms with E-state index in [0.717, 1.165) is 4.90 Å². The topological polar surface area (TPSA) is 109 Å². The maximum absolute atomic E-state index is 11.5. The van der Waals surface area contributed by atoms with Gasteiger partial charge in [-0.15, -0.1) is 0 Å². The van der Waals surface area contributed by atoms with E-state index >= 15 is 0 Å². The fourth-order valence-corrected chi connectivity index (χ4v) is 1.03. The summed E-state index contributed by atoms with van der Waals surface area (Å²) in [4.78, 5) is 27.2. The van der Waals surface area contributed by atoms with Gasteiger partial charge in [0.25, 0.3) is 0 Å². The summed E-state index contributed by atoms with van der Waals surface area (Å²) < 4.78 is 4.72. The number of carbonyl (C=O) groups excluding carboxylic acids is 1. The molecule has 0 saturated heterocycles. The number of nitrogens with zero attached hydrogens (tertiary/aromatic N) is 3. The highest BCUT2D eigenvalue weighted by Crippen LogP contribution is 1.98. The van der Waals surface area contributed by atoms with Crippen LogP contribution in [0.15, 0.2) is 4.52 Å². The third-order valence-electron chi connectivity index (χ3n) is 2.23. The highest BCUT2D eigenvalue weighted by Gasteiger charge is 2.21. The van der Waals surface area contributed by atoms with E-state index in [4.69, 9.17) is 9.63 Å². The van der Waals surface area contributed by atoms with Crippen LogP contribution in [0.1, 0.15) is 18.6 Å². The van der Waals surface area contributed by atoms with Gasteiger partial charge in [0.2, 0.25) is 5.89 Å². The fourth-order valence-electron chi connectivity index (χ4n) is 1.03. The first-order chi connectivity index (χ1) is 7.91. The van der Waals surface area contributed by atoms with Gasteiger partial charge in [0.15, 0.2) is 5.82 Å². The first kappa shape index (κ1) is 12.9. The van der Waals surface area contributed by atoms with Crippen molar-refractivity contribution in [3.05, 3.63) is 11.7 Å². The van der Waals surface area contributed by atoms with Crippen LogP contribution in [0.5, 0.6) is 0 Å². The molecule has 17 heavy (non-hydrogen) atoms. The molecule has 8 heteroatoms. The van der Waals surface area contributed by atoms with Crippen molar-refractivity contribution in [2.24, 2.45) is 0 Å². The van der Waals surface area contributed by atoms with Crippen LogP contribution in [0.3, 0.4) is 0 Å². The molecule has 0 aliphatic carbocycles. The lowest BCUT2D eigenvalue weighted by Gasteiger charge is -2.21. The average Bonchev–Trinajstić information content (AvgIpc) is 2.69. The largest absolute Gasteiger partial charge is 0.480 e. The van der Waals surface area contributed by atoms with E-state index in [0.29, 0.717) is 11.7 Å². The zero-order valence-electron chi connectivity index (χ0n) is 9.80. The number of likely N-dealkylation sites (N-methyl/N-ethyl adjacent to an activating group) is 1. The maximum Gasteiger partial charge on any atom is 0.326 e. The highest BCUT2D eigenvalue weighted by molar-refractivity contribution is 5.81. The number of amides is 2. The number of hydrogen-bond acceptors (Lipinski definition) is 5. The number of carbonyl (C=O) groups is 2. The van der Waals surface area contributed by atoms with Crippen LogP contribution in [0.25, 0.3) is 0 Å². The Labute approximate surface area is 97.6 Å². The van der Waals surface area contributed by atoms with Crippen molar-refractivity contribution in [1.82, 2.24) is 20.4 Å². The first-order valence-electron chi connectivity index (χ1n) is 4.94. The molecule has 0 aromatic carbocycles. The number of hydrogen-bond donors (Lipinski definition) is 2. The summed E-state index contributed by atoms with van der Waals surface area (Å²) in [5.41, 5.74) is 0. The lowest BCUT2D eigenvalue weighted by Crippen LogP contribution is -2.45. The fraction of sp³-hybridized carbons (Fsp3) is 0.556. The molecule has 0 saturated carbocycles. The minimum Gasteiger partial charge on any atom is -0.480 e. The number of carboxylic acids is 1. The minimum atomic E-state index is -1.07. The Hall–Kier alpha value is -2.12. The molecule has 0 aliphatic heterocycles. The number of rotatable bonds is 4. The van der Waals surface area contributed by atoms with Gasteiger partial charge in [-0.3, -0.25) is 0 Å². The Bertz CT molecular complexity index is 417. The number of carboxylic acid groups (broad SMARTS) is 1. The van der Waals surface area contributed by atoms with Crippen molar-refractivity contribution in [3.8, 4) is 0 Å². The van der Waals surface area contributed by atoms with Crippen LogP contribution in [0, 0.1) is 6.92 Å². The van der Waals surface area contributed by atoms with E-state index in [1.165, 1.54) is 14.0 Å². The van der Waals surface area contributed by atoms with Crippen molar-refractivity contribution in [3.63, 3.8) is 0 Å². The molecule has 0 radical (unpaired) electrons. The molecule has 2 amide bonds. The van der Waals surface area contributed by atoms with Gasteiger partial charge in [0, 0.05) is 14.0 Å². The molecule has 1 unspecified atom stereocenters. The quantitative estimate of drug-likeness (QED) is 0.768. The van der Waals surface area contributed by atoms with E-state index in [-0.39, 0.29) is 6.54 Å². The second kappa shape index (κ2) is 5.28. The van der Waals surface area contributed by atoms with Crippen LogP contribution < -0.4 is 5.32 Å². The van der Waals surface area contributed by atoms with Crippen LogP contribution in [0.4, 0.5) is 4.79 Å². The first-order valence-corrected chi connectivity index (χ1v) is 4.94. The summed E-state index contributed by atoms with van der Waals surface area (Å²) in [5, 5.41) is 14.8. The molecule has 0 fully saturated rings. The molecular formula is C9H14N4O4. The van der Waals surface area contributed by atoms with Gasteiger partial charge >= 0.3 is 12.0 Å². The number of urea groups is 1. The zero-order valence-corrected chi connectivity index (χ0v) is 9.80. The number of aryl methyl sites for hydroxylation is 1. The number of aromatic nitrogens is 2. The molecule has 0 aliphatic rings. The number of aliphatic carboxylic acids is 1. The molecule has 1 atom stereocenters. The van der Waals surface area contributed by atoms with Gasteiger partial charge in [0.05, 0.1) is 6.54 Å². The van der Waals surface area contributed by atoms with E-state index in [1.54, 1.807) is 6.92 Å². The summed E-state index contributed by atoms with van der Waals surface area (Å²) >= 11 is 0. The Morgan fingerprint density at radius 3 is 2.71 bits per heavy atom. The minimum absolute atomic E-state index is 0.0901. The van der Waals surface area contributed by atoms with Crippen LogP contribution in [-0.2, 0) is 11.3 Å². The van der Waals surface area contributed by atoms with Crippen molar-refractivity contribution in [2.75, 3.05) is 7.05 Å². The summed E-state index contributed by atoms with van der Waals surface area (Å²) in [5.74, 6) is -0.327. The van der Waals surface area contributed by atoms with Crippen LogP contribution in [-0.4, -0.2) is 45.2 Å². The molecule has 1 rings (SSSR count). The lowest BCUT2D eigenvalue weighted by molar-refractivity contribution is -0.141. The van der Waals surface area contributed by atoms with Gasteiger partial charge < -0.3 is 19.8 Å². The SMILES string of the molecule is Cc1nc(CNC(=O)N(C)C(C)C(=O)O)no1. The summed E-state index contributed by atoms with van der Waals surface area (Å²) in [7, 11) is 1.40. The van der Waals surface area contributed by atoms with Crippen molar-refractivity contribution >= 4 is 12.0 Å². The van der Waals surface area contributed by atoms with E-state index in [1.807, 2.05) is 0 Å². The van der Waals surface area contributed by atoms with Gasteiger partial charge in [-0.25, -0.2) is 9.59 Å².